The zero-order chi connectivity index (χ0) is 11.4. The van der Waals surface area contributed by atoms with Crippen molar-refractivity contribution in [3.05, 3.63) is 0 Å². The average Bonchev–Trinajstić information content (AvgIpc) is 2.17. The van der Waals surface area contributed by atoms with E-state index in [1.54, 1.807) is 0 Å². The van der Waals surface area contributed by atoms with Gasteiger partial charge in [0, 0.05) is 12.3 Å². The first-order valence-corrected chi connectivity index (χ1v) is 6.59. The van der Waals surface area contributed by atoms with Crippen LogP contribution in [0.15, 0.2) is 0 Å². The maximum atomic E-state index is 12.0. The molecule has 0 bridgehead atoms. The normalized spacial score (nSPS) is 31.9. The quantitative estimate of drug-likeness (QED) is 0.683. The van der Waals surface area contributed by atoms with Crippen LogP contribution < -0.4 is 0 Å². The summed E-state index contributed by atoms with van der Waals surface area (Å²) in [7, 11) is 0. The molecule has 0 aromatic carbocycles. The summed E-state index contributed by atoms with van der Waals surface area (Å²) in [5, 5.41) is 0. The van der Waals surface area contributed by atoms with Crippen molar-refractivity contribution in [1.29, 1.82) is 0 Å². The number of ketones is 1. The fourth-order valence-electron chi connectivity index (χ4n) is 2.99. The van der Waals surface area contributed by atoms with Crippen molar-refractivity contribution in [3.63, 3.8) is 0 Å². The molecule has 0 aliphatic heterocycles. The van der Waals surface area contributed by atoms with Gasteiger partial charge in [0.2, 0.25) is 0 Å². The highest BCUT2D eigenvalue weighted by Crippen LogP contribution is 2.39. The molecule has 0 amide bonds. The van der Waals surface area contributed by atoms with E-state index in [9.17, 15) is 4.79 Å². The van der Waals surface area contributed by atoms with Crippen molar-refractivity contribution < 1.29 is 4.79 Å². The predicted molar refractivity (Wildman–Crippen MR) is 64.7 cm³/mol. The van der Waals surface area contributed by atoms with Crippen molar-refractivity contribution in [2.75, 3.05) is 0 Å². The van der Waals surface area contributed by atoms with Crippen LogP contribution in [-0.2, 0) is 4.79 Å². The molecule has 0 spiro atoms. The lowest BCUT2D eigenvalue weighted by atomic mass is 9.68. The number of Topliss-reactive ketones (excluding diaryl/α,β-unsaturated/α-hetero) is 1. The van der Waals surface area contributed by atoms with Gasteiger partial charge in [-0.25, -0.2) is 0 Å². The molecule has 1 aliphatic carbocycles. The Balaban J connectivity index is 2.64. The van der Waals surface area contributed by atoms with Crippen molar-refractivity contribution in [1.82, 2.24) is 0 Å². The highest BCUT2D eigenvalue weighted by Gasteiger charge is 2.34. The first kappa shape index (κ1) is 12.7. The predicted octanol–water partition coefficient (Wildman–Crippen LogP) is 4.06. The van der Waals surface area contributed by atoms with Crippen LogP contribution in [0.5, 0.6) is 0 Å². The lowest BCUT2D eigenvalue weighted by Gasteiger charge is -2.36. The van der Waals surface area contributed by atoms with E-state index in [1.165, 1.54) is 12.8 Å². The van der Waals surface area contributed by atoms with E-state index in [0.29, 0.717) is 23.5 Å². The van der Waals surface area contributed by atoms with Gasteiger partial charge in [-0.05, 0) is 37.0 Å². The van der Waals surface area contributed by atoms with Crippen LogP contribution in [-0.4, -0.2) is 5.78 Å². The highest BCUT2D eigenvalue weighted by atomic mass is 16.1. The zero-order valence-corrected chi connectivity index (χ0v) is 10.8. The molecule has 0 radical (unpaired) electrons. The molecule has 1 nitrogen and oxygen atoms in total. The third-order valence-electron chi connectivity index (χ3n) is 3.93. The Morgan fingerprint density at radius 1 is 1.33 bits per heavy atom. The van der Waals surface area contributed by atoms with Crippen LogP contribution in [0.1, 0.15) is 59.8 Å². The summed E-state index contributed by atoms with van der Waals surface area (Å²) in [6.45, 7) is 8.98. The molecule has 1 heteroatoms. The van der Waals surface area contributed by atoms with Gasteiger partial charge in [-0.1, -0.05) is 34.1 Å². The molecule has 1 aliphatic rings. The van der Waals surface area contributed by atoms with Gasteiger partial charge in [-0.2, -0.15) is 0 Å². The summed E-state index contributed by atoms with van der Waals surface area (Å²) in [5.74, 6) is 3.04. The van der Waals surface area contributed by atoms with Crippen molar-refractivity contribution in [2.45, 2.75) is 59.8 Å². The Kier molecular flexibility index (Phi) is 4.82. The molecule has 1 rings (SSSR count). The van der Waals surface area contributed by atoms with E-state index in [4.69, 9.17) is 0 Å². The molecule has 3 unspecified atom stereocenters. The molecule has 1 saturated carbocycles. The second-order valence-electron chi connectivity index (χ2n) is 5.65. The van der Waals surface area contributed by atoms with E-state index in [0.717, 1.165) is 25.2 Å². The van der Waals surface area contributed by atoms with Gasteiger partial charge in [0.05, 0.1) is 0 Å². The number of carbonyl (C=O) groups is 1. The average molecular weight is 210 g/mol. The highest BCUT2D eigenvalue weighted by molar-refractivity contribution is 5.81. The lowest BCUT2D eigenvalue weighted by Crippen LogP contribution is -2.33. The van der Waals surface area contributed by atoms with Gasteiger partial charge >= 0.3 is 0 Å². The molecule has 0 N–H and O–H groups in total. The van der Waals surface area contributed by atoms with Crippen LogP contribution in [0.4, 0.5) is 0 Å². The second kappa shape index (κ2) is 5.67. The first-order valence-electron chi connectivity index (χ1n) is 6.59. The second-order valence-corrected chi connectivity index (χ2v) is 5.65. The van der Waals surface area contributed by atoms with Gasteiger partial charge in [0.25, 0.3) is 0 Å². The van der Waals surface area contributed by atoms with Gasteiger partial charge in [0.1, 0.15) is 5.78 Å². The Bertz CT molecular complexity index is 207. The summed E-state index contributed by atoms with van der Waals surface area (Å²) in [6, 6.07) is 0. The van der Waals surface area contributed by atoms with Crippen LogP contribution in [0, 0.1) is 23.7 Å². The van der Waals surface area contributed by atoms with Gasteiger partial charge in [-0.3, -0.25) is 4.79 Å². The van der Waals surface area contributed by atoms with E-state index in [-0.39, 0.29) is 0 Å². The largest absolute Gasteiger partial charge is 0.299 e. The minimum Gasteiger partial charge on any atom is -0.299 e. The topological polar surface area (TPSA) is 17.1 Å². The summed E-state index contributed by atoms with van der Waals surface area (Å²) in [4.78, 5) is 12.0. The van der Waals surface area contributed by atoms with Gasteiger partial charge in [0.15, 0.2) is 0 Å². The lowest BCUT2D eigenvalue weighted by molar-refractivity contribution is -0.126. The number of carbonyl (C=O) groups excluding carboxylic acids is 1. The van der Waals surface area contributed by atoms with E-state index in [2.05, 4.69) is 27.7 Å². The zero-order valence-electron chi connectivity index (χ0n) is 10.8. The van der Waals surface area contributed by atoms with Crippen molar-refractivity contribution >= 4 is 5.78 Å². The third kappa shape index (κ3) is 3.32. The van der Waals surface area contributed by atoms with Crippen LogP contribution in [0.25, 0.3) is 0 Å². The smallest absolute Gasteiger partial charge is 0.136 e. The van der Waals surface area contributed by atoms with Crippen molar-refractivity contribution in [2.24, 2.45) is 23.7 Å². The molecule has 0 aromatic heterocycles. The molecular weight excluding hydrogens is 184 g/mol. The molecule has 0 saturated heterocycles. The number of rotatable bonds is 4. The summed E-state index contributed by atoms with van der Waals surface area (Å²) >= 11 is 0. The Labute approximate surface area is 94.6 Å². The molecule has 0 heterocycles. The molecule has 1 fully saturated rings. The van der Waals surface area contributed by atoms with Crippen LogP contribution in [0.3, 0.4) is 0 Å². The SMILES string of the molecule is CCCC(=O)C1CCC(C)CC1C(C)C. The molecule has 0 aromatic rings. The van der Waals surface area contributed by atoms with E-state index >= 15 is 0 Å². The van der Waals surface area contributed by atoms with E-state index < -0.39 is 0 Å². The standard InChI is InChI=1S/C14H26O/c1-5-6-14(15)12-8-7-11(4)9-13(12)10(2)3/h10-13H,5-9H2,1-4H3. The summed E-state index contributed by atoms with van der Waals surface area (Å²) in [6.07, 6.45) is 5.46. The number of hydrogen-bond acceptors (Lipinski definition) is 1. The maximum Gasteiger partial charge on any atom is 0.136 e. The minimum absolute atomic E-state index is 0.376. The minimum atomic E-state index is 0.376. The Hall–Kier alpha value is -0.330. The fraction of sp³-hybridized carbons (Fsp3) is 0.929. The fourth-order valence-corrected chi connectivity index (χ4v) is 2.99. The maximum absolute atomic E-state index is 12.0. The Morgan fingerprint density at radius 3 is 2.53 bits per heavy atom. The molecule has 3 atom stereocenters. The van der Waals surface area contributed by atoms with Crippen molar-refractivity contribution in [3.8, 4) is 0 Å². The van der Waals surface area contributed by atoms with Gasteiger partial charge < -0.3 is 0 Å². The molecule has 88 valence electrons. The summed E-state index contributed by atoms with van der Waals surface area (Å²) < 4.78 is 0. The van der Waals surface area contributed by atoms with E-state index in [1.807, 2.05) is 0 Å². The van der Waals surface area contributed by atoms with Crippen LogP contribution in [0.2, 0.25) is 0 Å². The summed E-state index contributed by atoms with van der Waals surface area (Å²) in [5.41, 5.74) is 0. The number of hydrogen-bond donors (Lipinski definition) is 0. The Morgan fingerprint density at radius 2 is 2.00 bits per heavy atom. The first-order chi connectivity index (χ1) is 7.06. The van der Waals surface area contributed by atoms with Gasteiger partial charge in [-0.15, -0.1) is 0 Å². The molecule has 15 heavy (non-hydrogen) atoms. The third-order valence-corrected chi connectivity index (χ3v) is 3.93. The molecular formula is C14H26O. The van der Waals surface area contributed by atoms with Crippen LogP contribution >= 0.6 is 0 Å². The monoisotopic (exact) mass is 210 g/mol.